The molecule has 4 rings (SSSR count). The number of rotatable bonds is 4. The number of Topliss-reactive ketones (excluding diaryl/α,β-unsaturated/α-hetero) is 2. The molecule has 5 atom stereocenters. The Morgan fingerprint density at radius 1 is 1.19 bits per heavy atom. The second-order valence-electron chi connectivity index (χ2n) is 9.70. The Balaban J connectivity index is 1.90. The molecule has 1 aromatic carbocycles. The van der Waals surface area contributed by atoms with Crippen molar-refractivity contribution < 1.29 is 44.7 Å². The van der Waals surface area contributed by atoms with E-state index in [9.17, 15) is 44.7 Å². The number of aliphatic hydroxyl groups is 4. The number of likely N-dealkylation sites (N-methyl/N-ethyl adjacent to an activating group) is 1. The van der Waals surface area contributed by atoms with Gasteiger partial charge in [-0.25, -0.2) is 0 Å². The number of nitrogens with one attached hydrogen (secondary N) is 1. The highest BCUT2D eigenvalue weighted by Crippen LogP contribution is 2.56. The topological polar surface area (TPSA) is 211 Å². The van der Waals surface area contributed by atoms with Crippen molar-refractivity contribution in [1.29, 1.82) is 0 Å². The van der Waals surface area contributed by atoms with Gasteiger partial charge < -0.3 is 41.5 Å². The first-order valence-electron chi connectivity index (χ1n) is 11.2. The summed E-state index contributed by atoms with van der Waals surface area (Å²) >= 11 is 0. The molecule has 12 nitrogen and oxygen atoms in total. The van der Waals surface area contributed by atoms with E-state index in [2.05, 4.69) is 5.32 Å². The minimum atomic E-state index is -2.90. The number of amides is 2. The number of anilines is 1. The van der Waals surface area contributed by atoms with Crippen molar-refractivity contribution in [3.63, 3.8) is 0 Å². The van der Waals surface area contributed by atoms with Gasteiger partial charge in [0.15, 0.2) is 11.4 Å². The average molecular weight is 501 g/mol. The molecule has 0 bridgehead atoms. The van der Waals surface area contributed by atoms with E-state index in [1.54, 1.807) is 25.9 Å². The summed E-state index contributed by atoms with van der Waals surface area (Å²) in [7, 11) is 3.35. The lowest BCUT2D eigenvalue weighted by atomic mass is 9.55. The number of nitrogens with zero attached hydrogens (tertiary/aromatic N) is 1. The van der Waals surface area contributed by atoms with Crippen LogP contribution in [-0.2, 0) is 19.2 Å². The zero-order valence-electron chi connectivity index (χ0n) is 19.8. The van der Waals surface area contributed by atoms with Crippen LogP contribution in [0.15, 0.2) is 29.0 Å². The third-order valence-electron chi connectivity index (χ3n) is 7.23. The molecule has 12 heteroatoms. The Morgan fingerprint density at radius 2 is 1.83 bits per heavy atom. The largest absolute Gasteiger partial charge is 0.508 e. The number of aliphatic hydroxyl groups excluding tert-OH is 3. The van der Waals surface area contributed by atoms with Gasteiger partial charge in [-0.2, -0.15) is 0 Å². The first kappa shape index (κ1) is 25.4. The second-order valence-corrected chi connectivity index (χ2v) is 9.70. The van der Waals surface area contributed by atoms with Crippen molar-refractivity contribution in [3.05, 3.63) is 40.2 Å². The SMILES string of the molecule is CC1c2ccc(NC(=O)CN(C)C)c(O)c2C(O)=C2C(=O)[C@]3(O)C(O)=C(C(N)=O)C(=O)C[C@@H]3C(O)[C@@H]21. The molecule has 0 aliphatic heterocycles. The number of nitrogens with two attached hydrogens (primary N) is 1. The van der Waals surface area contributed by atoms with Crippen molar-refractivity contribution >= 4 is 34.8 Å². The maximum absolute atomic E-state index is 13.6. The number of benzene rings is 1. The van der Waals surface area contributed by atoms with E-state index in [1.807, 2.05) is 0 Å². The molecule has 1 aromatic rings. The highest BCUT2D eigenvalue weighted by molar-refractivity contribution is 6.23. The standard InChI is InChI=1S/C24H27N3O9/c1-8-9-4-5-11(26-13(29)7-27(2)3)19(31)15(9)20(32)17-14(8)18(30)10-6-12(28)16(23(25)35)21(33)24(10,36)22(17)34/h4-5,8,10,14,18,30-33,36H,6-7H2,1-3H3,(H2,25,35)(H,26,29)/t8?,10-,14-,18?,24-/m1/s1. The maximum atomic E-state index is 13.6. The Bertz CT molecular complexity index is 1280. The van der Waals surface area contributed by atoms with Crippen LogP contribution in [0.1, 0.15) is 30.4 Å². The summed E-state index contributed by atoms with van der Waals surface area (Å²) in [4.78, 5) is 51.6. The molecule has 0 heterocycles. The number of primary amides is 1. The summed E-state index contributed by atoms with van der Waals surface area (Å²) in [6.07, 6.45) is -2.24. The molecule has 0 spiro atoms. The maximum Gasteiger partial charge on any atom is 0.255 e. The van der Waals surface area contributed by atoms with Crippen molar-refractivity contribution in [2.45, 2.75) is 31.0 Å². The normalized spacial score (nSPS) is 29.6. The Hall–Kier alpha value is -3.74. The van der Waals surface area contributed by atoms with Crippen molar-refractivity contribution in [1.82, 2.24) is 4.90 Å². The summed E-state index contributed by atoms with van der Waals surface area (Å²) in [6, 6.07) is 2.94. The Kier molecular flexibility index (Phi) is 5.94. The van der Waals surface area contributed by atoms with Gasteiger partial charge in [-0.15, -0.1) is 0 Å². The average Bonchev–Trinajstić information content (AvgIpc) is 2.77. The van der Waals surface area contributed by atoms with Gasteiger partial charge in [-0.3, -0.25) is 19.2 Å². The minimum absolute atomic E-state index is 0.00764. The van der Waals surface area contributed by atoms with Gasteiger partial charge in [0.1, 0.15) is 22.8 Å². The zero-order valence-corrected chi connectivity index (χ0v) is 19.8. The van der Waals surface area contributed by atoms with E-state index < -0.39 is 87.7 Å². The van der Waals surface area contributed by atoms with Crippen LogP contribution >= 0.6 is 0 Å². The van der Waals surface area contributed by atoms with Crippen LogP contribution in [0.3, 0.4) is 0 Å². The molecule has 0 aromatic heterocycles. The Labute approximate surface area is 205 Å². The number of aromatic hydroxyl groups is 1. The fourth-order valence-electron chi connectivity index (χ4n) is 5.58. The predicted octanol–water partition coefficient (Wildman–Crippen LogP) is -0.544. The first-order chi connectivity index (χ1) is 16.7. The lowest BCUT2D eigenvalue weighted by Gasteiger charge is -2.50. The van der Waals surface area contributed by atoms with Gasteiger partial charge in [0.05, 0.1) is 23.9 Å². The van der Waals surface area contributed by atoms with Crippen LogP contribution in [0.25, 0.3) is 5.76 Å². The van der Waals surface area contributed by atoms with Crippen molar-refractivity contribution in [2.24, 2.45) is 17.6 Å². The summed E-state index contributed by atoms with van der Waals surface area (Å²) < 4.78 is 0. The van der Waals surface area contributed by atoms with Gasteiger partial charge in [0, 0.05) is 23.8 Å². The quantitative estimate of drug-likeness (QED) is 0.207. The predicted molar refractivity (Wildman–Crippen MR) is 125 cm³/mol. The molecule has 8 N–H and O–H groups in total. The number of fused-ring (bicyclic) bond motifs is 3. The van der Waals surface area contributed by atoms with Crippen LogP contribution in [0.2, 0.25) is 0 Å². The molecule has 1 saturated carbocycles. The van der Waals surface area contributed by atoms with E-state index >= 15 is 0 Å². The molecule has 2 unspecified atom stereocenters. The monoisotopic (exact) mass is 501 g/mol. The van der Waals surface area contributed by atoms with Gasteiger partial charge >= 0.3 is 0 Å². The first-order valence-corrected chi connectivity index (χ1v) is 11.2. The number of carbonyl (C=O) groups is 4. The zero-order chi connectivity index (χ0) is 26.9. The summed E-state index contributed by atoms with van der Waals surface area (Å²) in [5.74, 6) is -9.89. The van der Waals surface area contributed by atoms with E-state index in [1.165, 1.54) is 12.1 Å². The fraction of sp³-hybridized carbons (Fsp3) is 0.417. The van der Waals surface area contributed by atoms with Gasteiger partial charge in [0.25, 0.3) is 5.91 Å². The van der Waals surface area contributed by atoms with E-state index in [0.717, 1.165) is 0 Å². The molecule has 3 aliphatic carbocycles. The van der Waals surface area contributed by atoms with E-state index in [0.29, 0.717) is 5.56 Å². The van der Waals surface area contributed by atoms with Crippen molar-refractivity contribution in [3.8, 4) is 5.75 Å². The number of ketones is 2. The van der Waals surface area contributed by atoms with Crippen molar-refractivity contribution in [2.75, 3.05) is 26.0 Å². The third-order valence-corrected chi connectivity index (χ3v) is 7.23. The number of carbonyl (C=O) groups excluding carboxylic acids is 4. The summed E-state index contributed by atoms with van der Waals surface area (Å²) in [5.41, 5.74) is 0.941. The van der Waals surface area contributed by atoms with Crippen LogP contribution in [-0.4, -0.2) is 86.2 Å². The van der Waals surface area contributed by atoms with Crippen LogP contribution in [0.5, 0.6) is 5.75 Å². The highest BCUT2D eigenvalue weighted by Gasteiger charge is 2.64. The highest BCUT2D eigenvalue weighted by atomic mass is 16.4. The molecule has 2 amide bonds. The molecule has 192 valence electrons. The lowest BCUT2D eigenvalue weighted by Crippen LogP contribution is -2.63. The molecule has 1 fully saturated rings. The molecule has 36 heavy (non-hydrogen) atoms. The molecule has 0 saturated heterocycles. The van der Waals surface area contributed by atoms with Gasteiger partial charge in [-0.1, -0.05) is 13.0 Å². The lowest BCUT2D eigenvalue weighted by molar-refractivity contribution is -0.160. The van der Waals surface area contributed by atoms with E-state index in [4.69, 9.17) is 5.73 Å². The number of phenolic OH excluding ortho intramolecular Hbond substituents is 1. The molecule has 0 radical (unpaired) electrons. The molecular weight excluding hydrogens is 474 g/mol. The van der Waals surface area contributed by atoms with Crippen LogP contribution in [0.4, 0.5) is 5.69 Å². The fourth-order valence-corrected chi connectivity index (χ4v) is 5.58. The number of hydrogen-bond acceptors (Lipinski definition) is 10. The number of phenols is 1. The van der Waals surface area contributed by atoms with Gasteiger partial charge in [0.2, 0.25) is 11.7 Å². The van der Waals surface area contributed by atoms with E-state index in [-0.39, 0.29) is 17.8 Å². The molecular formula is C24H27N3O9. The smallest absolute Gasteiger partial charge is 0.255 e. The van der Waals surface area contributed by atoms with Crippen LogP contribution < -0.4 is 11.1 Å². The Morgan fingerprint density at radius 3 is 2.42 bits per heavy atom. The third kappa shape index (κ3) is 3.40. The summed E-state index contributed by atoms with van der Waals surface area (Å²) in [5, 5.41) is 57.7. The van der Waals surface area contributed by atoms with Crippen LogP contribution in [0, 0.1) is 11.8 Å². The second kappa shape index (κ2) is 8.43. The summed E-state index contributed by atoms with van der Waals surface area (Å²) in [6.45, 7) is 1.63. The van der Waals surface area contributed by atoms with Gasteiger partial charge in [-0.05, 0) is 31.6 Å². The number of hydrogen-bond donors (Lipinski definition) is 7. The minimum Gasteiger partial charge on any atom is -0.508 e. The molecule has 3 aliphatic rings.